The number of esters is 1. The van der Waals surface area contributed by atoms with E-state index in [0.717, 1.165) is 24.3 Å². The van der Waals surface area contributed by atoms with Crippen molar-refractivity contribution in [2.24, 2.45) is 0 Å². The first-order valence-electron chi connectivity index (χ1n) is 6.12. The third-order valence-corrected chi connectivity index (χ3v) is 2.88. The molecule has 2 rings (SSSR count). The molecular weight excluding hydrogens is 308 g/mol. The summed E-state index contributed by atoms with van der Waals surface area (Å²) in [5, 5.41) is 56.6. The molecule has 23 heavy (non-hydrogen) atoms. The fourth-order valence-electron chi connectivity index (χ4n) is 1.74. The highest BCUT2D eigenvalue weighted by molar-refractivity contribution is 5.93. The van der Waals surface area contributed by atoms with Crippen LogP contribution in [0.3, 0.4) is 0 Å². The molecule has 0 saturated carbocycles. The first kappa shape index (κ1) is 15.8. The summed E-state index contributed by atoms with van der Waals surface area (Å²) in [6.45, 7) is 3.22. The Bertz CT molecular complexity index is 763. The summed E-state index contributed by atoms with van der Waals surface area (Å²) >= 11 is 0. The van der Waals surface area contributed by atoms with E-state index in [9.17, 15) is 35.4 Å². The number of hydrogen-bond donors (Lipinski definition) is 6. The lowest BCUT2D eigenvalue weighted by Crippen LogP contribution is -2.08. The summed E-state index contributed by atoms with van der Waals surface area (Å²) in [5.74, 6) is -5.73. The van der Waals surface area contributed by atoms with Crippen molar-refractivity contribution in [3.8, 4) is 34.5 Å². The summed E-state index contributed by atoms with van der Waals surface area (Å²) in [6, 6.07) is 3.68. The van der Waals surface area contributed by atoms with Gasteiger partial charge < -0.3 is 35.4 Å². The molecule has 2 aromatic carbocycles. The van der Waals surface area contributed by atoms with Crippen molar-refractivity contribution in [2.45, 2.75) is 0 Å². The molecule has 0 atom stereocenters. The summed E-state index contributed by atoms with van der Waals surface area (Å²) in [6.07, 6.45) is 0. The van der Waals surface area contributed by atoms with Crippen LogP contribution < -0.4 is 4.74 Å². The Morgan fingerprint density at radius 2 is 1.26 bits per heavy atom. The van der Waals surface area contributed by atoms with Crippen molar-refractivity contribution < 1.29 is 40.2 Å². The van der Waals surface area contributed by atoms with Gasteiger partial charge in [-0.3, -0.25) is 0 Å². The predicted octanol–water partition coefficient (Wildman–Crippen LogP) is 1.96. The Labute approximate surface area is 129 Å². The fraction of sp³-hybridized carbons (Fsp3) is 0. The fourth-order valence-corrected chi connectivity index (χ4v) is 1.74. The lowest BCUT2D eigenvalue weighted by molar-refractivity contribution is 0.0723. The van der Waals surface area contributed by atoms with Crippen molar-refractivity contribution >= 4 is 11.7 Å². The van der Waals surface area contributed by atoms with Crippen molar-refractivity contribution in [1.29, 1.82) is 0 Å². The first-order valence-corrected chi connectivity index (χ1v) is 6.12. The third-order valence-electron chi connectivity index (χ3n) is 2.88. The van der Waals surface area contributed by atoms with Crippen LogP contribution in [0.15, 0.2) is 30.8 Å². The molecule has 8 heteroatoms. The van der Waals surface area contributed by atoms with Crippen LogP contribution in [-0.2, 0) is 0 Å². The van der Waals surface area contributed by atoms with Gasteiger partial charge in [0.1, 0.15) is 5.76 Å². The second kappa shape index (κ2) is 5.68. The molecule has 0 aliphatic rings. The number of carbonyl (C=O) groups excluding carboxylic acids is 1. The Hall–Kier alpha value is -3.55. The molecule has 0 saturated heterocycles. The van der Waals surface area contributed by atoms with Crippen LogP contribution in [0, 0.1) is 0 Å². The SMILES string of the molecule is C=C(O)c1cc(O)c(OC(=O)c2cc(O)c(O)c(O)c2)c(O)c1. The minimum atomic E-state index is -1.13. The molecule has 2 aromatic rings. The molecule has 8 nitrogen and oxygen atoms in total. The van der Waals surface area contributed by atoms with Gasteiger partial charge in [0.2, 0.25) is 5.75 Å². The normalized spacial score (nSPS) is 10.3. The van der Waals surface area contributed by atoms with Gasteiger partial charge in [-0.2, -0.15) is 0 Å². The van der Waals surface area contributed by atoms with E-state index in [1.165, 1.54) is 0 Å². The van der Waals surface area contributed by atoms with Gasteiger partial charge in [0.05, 0.1) is 5.56 Å². The van der Waals surface area contributed by atoms with Crippen molar-refractivity contribution in [2.75, 3.05) is 0 Å². The van der Waals surface area contributed by atoms with E-state index in [1.807, 2.05) is 0 Å². The minimum absolute atomic E-state index is 0.0136. The average Bonchev–Trinajstić information content (AvgIpc) is 2.47. The summed E-state index contributed by atoms with van der Waals surface area (Å²) in [7, 11) is 0. The van der Waals surface area contributed by atoms with Gasteiger partial charge in [0.15, 0.2) is 28.7 Å². The molecule has 0 heterocycles. The summed E-state index contributed by atoms with van der Waals surface area (Å²) in [4.78, 5) is 11.9. The Kier molecular flexibility index (Phi) is 3.91. The van der Waals surface area contributed by atoms with Gasteiger partial charge >= 0.3 is 5.97 Å². The van der Waals surface area contributed by atoms with E-state index >= 15 is 0 Å². The second-order valence-corrected chi connectivity index (χ2v) is 4.54. The molecule has 6 N–H and O–H groups in total. The molecule has 0 radical (unpaired) electrons. The van der Waals surface area contributed by atoms with Crippen LogP contribution in [0.5, 0.6) is 34.5 Å². The van der Waals surface area contributed by atoms with Gasteiger partial charge in [0, 0.05) is 5.56 Å². The average molecular weight is 320 g/mol. The maximum atomic E-state index is 11.9. The van der Waals surface area contributed by atoms with Crippen molar-refractivity contribution in [3.05, 3.63) is 42.0 Å². The molecule has 0 aliphatic heterocycles. The molecule has 0 aromatic heterocycles. The highest BCUT2D eigenvalue weighted by Crippen LogP contribution is 2.40. The predicted molar refractivity (Wildman–Crippen MR) is 77.8 cm³/mol. The zero-order valence-corrected chi connectivity index (χ0v) is 11.5. The van der Waals surface area contributed by atoms with E-state index in [-0.39, 0.29) is 11.1 Å². The number of benzene rings is 2. The van der Waals surface area contributed by atoms with Gasteiger partial charge in [-0.25, -0.2) is 4.79 Å². The van der Waals surface area contributed by atoms with E-state index in [1.54, 1.807) is 0 Å². The summed E-state index contributed by atoms with van der Waals surface area (Å²) in [5.41, 5.74) is -0.327. The number of aliphatic hydroxyl groups is 1. The number of aliphatic hydroxyl groups excluding tert-OH is 1. The smallest absolute Gasteiger partial charge is 0.344 e. The van der Waals surface area contributed by atoms with Crippen molar-refractivity contribution in [1.82, 2.24) is 0 Å². The zero-order valence-electron chi connectivity index (χ0n) is 11.5. The first-order chi connectivity index (χ1) is 10.7. The van der Waals surface area contributed by atoms with Crippen LogP contribution >= 0.6 is 0 Å². The number of ether oxygens (including phenoxy) is 1. The molecule has 0 bridgehead atoms. The van der Waals surface area contributed by atoms with E-state index in [0.29, 0.717) is 0 Å². The third kappa shape index (κ3) is 3.05. The number of phenols is 5. The quantitative estimate of drug-likeness (QED) is 0.218. The monoisotopic (exact) mass is 320 g/mol. The maximum Gasteiger partial charge on any atom is 0.344 e. The van der Waals surface area contributed by atoms with Crippen LogP contribution in [-0.4, -0.2) is 36.6 Å². The van der Waals surface area contributed by atoms with E-state index in [4.69, 9.17) is 4.74 Å². The molecule has 0 amide bonds. The van der Waals surface area contributed by atoms with Gasteiger partial charge in [-0.1, -0.05) is 6.58 Å². The lowest BCUT2D eigenvalue weighted by atomic mass is 10.1. The molecule has 0 unspecified atom stereocenters. The lowest BCUT2D eigenvalue weighted by Gasteiger charge is -2.11. The van der Waals surface area contributed by atoms with Crippen molar-refractivity contribution in [3.63, 3.8) is 0 Å². The molecule has 0 aliphatic carbocycles. The second-order valence-electron chi connectivity index (χ2n) is 4.54. The molecule has 0 spiro atoms. The Morgan fingerprint density at radius 1 is 0.826 bits per heavy atom. The van der Waals surface area contributed by atoms with E-state index in [2.05, 4.69) is 6.58 Å². The Morgan fingerprint density at radius 3 is 1.70 bits per heavy atom. The number of aromatic hydroxyl groups is 5. The van der Waals surface area contributed by atoms with Crippen LogP contribution in [0.1, 0.15) is 15.9 Å². The number of phenolic OH excluding ortho intramolecular Hbond substituents is 5. The van der Waals surface area contributed by atoms with Gasteiger partial charge in [0.25, 0.3) is 0 Å². The topological polar surface area (TPSA) is 148 Å². The minimum Gasteiger partial charge on any atom is -0.508 e. The van der Waals surface area contributed by atoms with Crippen LogP contribution in [0.25, 0.3) is 5.76 Å². The van der Waals surface area contributed by atoms with Gasteiger partial charge in [-0.05, 0) is 24.3 Å². The van der Waals surface area contributed by atoms with Crippen LogP contribution in [0.4, 0.5) is 0 Å². The number of rotatable bonds is 3. The number of carbonyl (C=O) groups is 1. The summed E-state index contributed by atoms with van der Waals surface area (Å²) < 4.78 is 4.79. The largest absolute Gasteiger partial charge is 0.508 e. The molecule has 120 valence electrons. The highest BCUT2D eigenvalue weighted by Gasteiger charge is 2.20. The number of hydrogen-bond acceptors (Lipinski definition) is 8. The van der Waals surface area contributed by atoms with E-state index < -0.39 is 46.2 Å². The zero-order chi connectivity index (χ0) is 17.3. The Balaban J connectivity index is 2.36. The maximum absolute atomic E-state index is 11.9. The molecular formula is C15H12O8. The highest BCUT2D eigenvalue weighted by atomic mass is 16.5. The van der Waals surface area contributed by atoms with Crippen LogP contribution in [0.2, 0.25) is 0 Å². The molecule has 0 fully saturated rings. The van der Waals surface area contributed by atoms with Gasteiger partial charge in [-0.15, -0.1) is 0 Å². The standard InChI is InChI=1S/C15H12O8/c1-6(16)7-2-11(19)14(12(20)3-7)23-15(22)8-4-9(17)13(21)10(18)5-8/h2-5,16-21H,1H2.